The number of carbonyl (C=O) groups is 1. The Balaban J connectivity index is 3.04. The maximum Gasteiger partial charge on any atom is 0.418 e. The number of anilines is 1. The van der Waals surface area contributed by atoms with Gasteiger partial charge in [-0.15, -0.1) is 0 Å². The van der Waals surface area contributed by atoms with Gasteiger partial charge in [0.1, 0.15) is 0 Å². The van der Waals surface area contributed by atoms with Crippen LogP contribution in [0, 0.1) is 0 Å². The highest BCUT2D eigenvalue weighted by atomic mass is 35.5. The van der Waals surface area contributed by atoms with Gasteiger partial charge in [-0.25, -0.2) is 4.79 Å². The van der Waals surface area contributed by atoms with Crippen molar-refractivity contribution in [2.24, 2.45) is 0 Å². The van der Waals surface area contributed by atoms with Crippen LogP contribution in [0.5, 0.6) is 0 Å². The van der Waals surface area contributed by atoms with Crippen LogP contribution in [0.15, 0.2) is 18.2 Å². The van der Waals surface area contributed by atoms with E-state index in [1.165, 1.54) is 6.07 Å². The normalized spacial score (nSPS) is 11.5. The number of hydrogen-bond acceptors (Lipinski definition) is 2. The second-order valence-corrected chi connectivity index (χ2v) is 4.15. The Hall–Kier alpha value is -1.43. The van der Waals surface area contributed by atoms with Crippen LogP contribution in [0.1, 0.15) is 19.4 Å². The van der Waals surface area contributed by atoms with Crippen molar-refractivity contribution < 1.29 is 22.7 Å². The van der Waals surface area contributed by atoms with E-state index in [9.17, 15) is 18.0 Å². The lowest BCUT2D eigenvalue weighted by Crippen LogP contribution is -2.20. The van der Waals surface area contributed by atoms with E-state index in [-0.39, 0.29) is 5.02 Å². The summed E-state index contributed by atoms with van der Waals surface area (Å²) in [5.41, 5.74) is -1.52. The van der Waals surface area contributed by atoms with Gasteiger partial charge in [-0.3, -0.25) is 5.32 Å². The Morgan fingerprint density at radius 3 is 2.50 bits per heavy atom. The van der Waals surface area contributed by atoms with E-state index in [1.807, 2.05) is 5.32 Å². The Kier molecular flexibility index (Phi) is 4.45. The first-order valence-corrected chi connectivity index (χ1v) is 5.43. The molecule has 0 spiro atoms. The Morgan fingerprint density at radius 1 is 1.39 bits per heavy atom. The molecule has 0 unspecified atom stereocenters. The molecule has 0 heterocycles. The number of nitrogens with one attached hydrogen (secondary N) is 1. The number of carbonyl (C=O) groups excluding carboxylic acids is 1. The van der Waals surface area contributed by atoms with Crippen LogP contribution in [-0.4, -0.2) is 12.2 Å². The van der Waals surface area contributed by atoms with E-state index in [0.29, 0.717) is 0 Å². The quantitative estimate of drug-likeness (QED) is 0.877. The van der Waals surface area contributed by atoms with Gasteiger partial charge in [0, 0.05) is 0 Å². The van der Waals surface area contributed by atoms with Gasteiger partial charge in [-0.05, 0) is 26.0 Å². The number of alkyl halides is 3. The Morgan fingerprint density at radius 2 is 2.00 bits per heavy atom. The van der Waals surface area contributed by atoms with Gasteiger partial charge in [0.05, 0.1) is 22.4 Å². The molecule has 1 N–H and O–H groups in total. The van der Waals surface area contributed by atoms with Crippen molar-refractivity contribution in [2.75, 3.05) is 5.32 Å². The minimum atomic E-state index is -4.61. The molecule has 0 aromatic heterocycles. The van der Waals surface area contributed by atoms with Gasteiger partial charge in [0.15, 0.2) is 0 Å². The van der Waals surface area contributed by atoms with Crippen molar-refractivity contribution in [1.29, 1.82) is 0 Å². The molecule has 0 saturated heterocycles. The summed E-state index contributed by atoms with van der Waals surface area (Å²) in [6.07, 6.45) is -6.03. The standard InChI is InChI=1S/C11H11ClF3NO2/c1-6(2)18-10(17)16-9-7(11(13,14)15)4-3-5-8(9)12/h3-6H,1-2H3,(H,16,17). The number of hydrogen-bond donors (Lipinski definition) is 1. The van der Waals surface area contributed by atoms with E-state index >= 15 is 0 Å². The molecule has 0 bridgehead atoms. The molecule has 18 heavy (non-hydrogen) atoms. The van der Waals surface area contributed by atoms with Crippen LogP contribution >= 0.6 is 11.6 Å². The molecule has 0 aliphatic carbocycles. The number of rotatable bonds is 2. The van der Waals surface area contributed by atoms with Crippen LogP contribution in [0.25, 0.3) is 0 Å². The van der Waals surface area contributed by atoms with Gasteiger partial charge < -0.3 is 4.74 Å². The fourth-order valence-corrected chi connectivity index (χ4v) is 1.45. The second kappa shape index (κ2) is 5.48. The lowest BCUT2D eigenvalue weighted by Gasteiger charge is -2.15. The number of amides is 1. The zero-order chi connectivity index (χ0) is 13.9. The molecule has 1 aromatic rings. The molecule has 0 radical (unpaired) electrons. The molecule has 0 fully saturated rings. The van der Waals surface area contributed by atoms with Crippen LogP contribution in [0.3, 0.4) is 0 Å². The minimum absolute atomic E-state index is 0.203. The summed E-state index contributed by atoms with van der Waals surface area (Å²) < 4.78 is 42.8. The molecule has 0 aliphatic heterocycles. The smallest absolute Gasteiger partial charge is 0.418 e. The van der Waals surface area contributed by atoms with Crippen LogP contribution in [-0.2, 0) is 10.9 Å². The third kappa shape index (κ3) is 3.80. The average molecular weight is 282 g/mol. The molecular weight excluding hydrogens is 271 g/mol. The summed E-state index contributed by atoms with van der Waals surface area (Å²) in [4.78, 5) is 11.3. The Bertz CT molecular complexity index is 446. The van der Waals surface area contributed by atoms with Crippen LogP contribution in [0.4, 0.5) is 23.7 Å². The predicted molar refractivity (Wildman–Crippen MR) is 61.7 cm³/mol. The SMILES string of the molecule is CC(C)OC(=O)Nc1c(Cl)cccc1C(F)(F)F. The maximum absolute atomic E-state index is 12.7. The molecule has 7 heteroatoms. The fourth-order valence-electron chi connectivity index (χ4n) is 1.23. The van der Waals surface area contributed by atoms with Crippen molar-refractivity contribution in [1.82, 2.24) is 0 Å². The monoisotopic (exact) mass is 281 g/mol. The fraction of sp³-hybridized carbons (Fsp3) is 0.364. The molecule has 0 aliphatic rings. The molecule has 3 nitrogen and oxygen atoms in total. The first kappa shape index (κ1) is 14.6. The van der Waals surface area contributed by atoms with Crippen LogP contribution < -0.4 is 5.32 Å². The average Bonchev–Trinajstić information content (AvgIpc) is 2.18. The zero-order valence-electron chi connectivity index (χ0n) is 9.64. The number of halogens is 4. The minimum Gasteiger partial charge on any atom is -0.447 e. The maximum atomic E-state index is 12.7. The molecule has 1 aromatic carbocycles. The van der Waals surface area contributed by atoms with Gasteiger partial charge in [-0.1, -0.05) is 17.7 Å². The molecule has 100 valence electrons. The van der Waals surface area contributed by atoms with Crippen molar-refractivity contribution >= 4 is 23.4 Å². The van der Waals surface area contributed by atoms with Gasteiger partial charge >= 0.3 is 12.3 Å². The molecule has 0 saturated carbocycles. The molecular formula is C11H11ClF3NO2. The van der Waals surface area contributed by atoms with Crippen molar-refractivity contribution in [3.05, 3.63) is 28.8 Å². The van der Waals surface area contributed by atoms with Crippen molar-refractivity contribution in [3.8, 4) is 0 Å². The predicted octanol–water partition coefficient (Wildman–Crippen LogP) is 4.32. The highest BCUT2D eigenvalue weighted by Crippen LogP contribution is 2.38. The largest absolute Gasteiger partial charge is 0.447 e. The third-order valence-electron chi connectivity index (χ3n) is 1.89. The highest BCUT2D eigenvalue weighted by Gasteiger charge is 2.35. The summed E-state index contributed by atoms with van der Waals surface area (Å²) in [6.45, 7) is 3.16. The summed E-state index contributed by atoms with van der Waals surface area (Å²) in [5.74, 6) is 0. The van der Waals surface area contributed by atoms with Gasteiger partial charge in [0.2, 0.25) is 0 Å². The lowest BCUT2D eigenvalue weighted by atomic mass is 10.1. The second-order valence-electron chi connectivity index (χ2n) is 3.74. The number of ether oxygens (including phenoxy) is 1. The summed E-state index contributed by atoms with van der Waals surface area (Å²) in [7, 11) is 0. The van der Waals surface area contributed by atoms with Gasteiger partial charge in [0.25, 0.3) is 0 Å². The third-order valence-corrected chi connectivity index (χ3v) is 2.20. The van der Waals surface area contributed by atoms with E-state index in [0.717, 1.165) is 12.1 Å². The number of para-hydroxylation sites is 1. The van der Waals surface area contributed by atoms with E-state index in [4.69, 9.17) is 16.3 Å². The summed E-state index contributed by atoms with van der Waals surface area (Å²) in [6, 6.07) is 3.24. The summed E-state index contributed by atoms with van der Waals surface area (Å²) in [5, 5.41) is 1.80. The van der Waals surface area contributed by atoms with Gasteiger partial charge in [-0.2, -0.15) is 13.2 Å². The first-order valence-electron chi connectivity index (χ1n) is 5.05. The topological polar surface area (TPSA) is 38.3 Å². The molecule has 1 amide bonds. The van der Waals surface area contributed by atoms with Crippen LogP contribution in [0.2, 0.25) is 5.02 Å². The summed E-state index contributed by atoms with van der Waals surface area (Å²) >= 11 is 5.65. The molecule has 1 rings (SSSR count). The van der Waals surface area contributed by atoms with Crippen molar-refractivity contribution in [3.63, 3.8) is 0 Å². The van der Waals surface area contributed by atoms with Crippen molar-refractivity contribution in [2.45, 2.75) is 26.1 Å². The molecule has 0 atom stereocenters. The van der Waals surface area contributed by atoms with E-state index in [2.05, 4.69) is 0 Å². The lowest BCUT2D eigenvalue weighted by molar-refractivity contribution is -0.136. The van der Waals surface area contributed by atoms with E-state index in [1.54, 1.807) is 13.8 Å². The van der Waals surface area contributed by atoms with E-state index < -0.39 is 29.6 Å². The zero-order valence-corrected chi connectivity index (χ0v) is 10.4. The number of benzene rings is 1. The first-order chi connectivity index (χ1) is 8.21. The highest BCUT2D eigenvalue weighted by molar-refractivity contribution is 6.33. The Labute approximate surface area is 107 Å².